The molecular weight excluding hydrogens is 340 g/mol. The number of benzene rings is 2. The highest BCUT2D eigenvalue weighted by Gasteiger charge is 2.28. The Morgan fingerprint density at radius 1 is 1.04 bits per heavy atom. The third-order valence-corrected chi connectivity index (χ3v) is 3.44. The van der Waals surface area contributed by atoms with Crippen molar-refractivity contribution in [3.05, 3.63) is 65.2 Å². The lowest BCUT2D eigenvalue weighted by Gasteiger charge is -2.26. The number of halogens is 2. The fourth-order valence-electron chi connectivity index (χ4n) is 2.42. The van der Waals surface area contributed by atoms with E-state index >= 15 is 0 Å². The molecule has 0 atom stereocenters. The number of amides is 1. The van der Waals surface area contributed by atoms with Crippen molar-refractivity contribution >= 4 is 17.6 Å². The molecular formula is C20H21F2NO3. The molecule has 0 unspecified atom stereocenters. The van der Waals surface area contributed by atoms with Crippen molar-refractivity contribution in [2.75, 3.05) is 11.4 Å². The normalized spacial score (nSPS) is 11.2. The van der Waals surface area contributed by atoms with E-state index in [9.17, 15) is 18.4 Å². The van der Waals surface area contributed by atoms with E-state index in [1.165, 1.54) is 6.07 Å². The minimum absolute atomic E-state index is 0.350. The topological polar surface area (TPSA) is 46.6 Å². The van der Waals surface area contributed by atoms with Gasteiger partial charge in [0.25, 0.3) is 5.91 Å². The zero-order chi connectivity index (χ0) is 19.5. The summed E-state index contributed by atoms with van der Waals surface area (Å²) in [4.78, 5) is 26.1. The van der Waals surface area contributed by atoms with Crippen molar-refractivity contribution in [3.63, 3.8) is 0 Å². The van der Waals surface area contributed by atoms with E-state index in [0.29, 0.717) is 5.69 Å². The number of aryl methyl sites for hydroxylation is 1. The summed E-state index contributed by atoms with van der Waals surface area (Å²) >= 11 is 0. The first-order valence-electron chi connectivity index (χ1n) is 8.13. The number of hydrogen-bond acceptors (Lipinski definition) is 3. The van der Waals surface area contributed by atoms with Gasteiger partial charge in [-0.3, -0.25) is 14.5 Å². The molecule has 0 heterocycles. The maximum atomic E-state index is 14.1. The summed E-state index contributed by atoms with van der Waals surface area (Å²) in [5.41, 5.74) is -0.277. The van der Waals surface area contributed by atoms with Crippen molar-refractivity contribution in [3.8, 4) is 0 Å². The average Bonchev–Trinajstić information content (AvgIpc) is 2.50. The van der Waals surface area contributed by atoms with Crippen LogP contribution in [0.15, 0.2) is 42.5 Å². The first-order chi connectivity index (χ1) is 12.1. The molecule has 0 aromatic heterocycles. The Labute approximate surface area is 151 Å². The van der Waals surface area contributed by atoms with Crippen LogP contribution in [0.25, 0.3) is 0 Å². The SMILES string of the molecule is Cc1cccc(N(CC(=O)OC(C)(C)C)C(=O)c2c(F)cccc2F)c1. The second kappa shape index (κ2) is 7.64. The number of anilines is 1. The summed E-state index contributed by atoms with van der Waals surface area (Å²) in [5.74, 6) is -3.60. The molecule has 2 aromatic carbocycles. The van der Waals surface area contributed by atoms with Crippen LogP contribution < -0.4 is 4.90 Å². The Bertz CT molecular complexity index is 808. The smallest absolute Gasteiger partial charge is 0.326 e. The van der Waals surface area contributed by atoms with Crippen LogP contribution in [0.3, 0.4) is 0 Å². The molecule has 138 valence electrons. The van der Waals surface area contributed by atoms with E-state index in [1.807, 2.05) is 13.0 Å². The van der Waals surface area contributed by atoms with Crippen LogP contribution in [-0.4, -0.2) is 24.0 Å². The maximum Gasteiger partial charge on any atom is 0.326 e. The van der Waals surface area contributed by atoms with Crippen molar-refractivity contribution in [2.24, 2.45) is 0 Å². The lowest BCUT2D eigenvalue weighted by molar-refractivity contribution is -0.152. The van der Waals surface area contributed by atoms with Crippen LogP contribution in [0, 0.1) is 18.6 Å². The van der Waals surface area contributed by atoms with Gasteiger partial charge in [0.05, 0.1) is 0 Å². The molecule has 0 aliphatic rings. The van der Waals surface area contributed by atoms with Gasteiger partial charge in [-0.1, -0.05) is 18.2 Å². The van der Waals surface area contributed by atoms with Gasteiger partial charge in [-0.2, -0.15) is 0 Å². The minimum Gasteiger partial charge on any atom is -0.459 e. The van der Waals surface area contributed by atoms with Gasteiger partial charge in [-0.15, -0.1) is 0 Å². The predicted octanol–water partition coefficient (Wildman–Crippen LogP) is 4.26. The van der Waals surface area contributed by atoms with Gasteiger partial charge in [-0.25, -0.2) is 8.78 Å². The summed E-state index contributed by atoms with van der Waals surface area (Å²) in [6, 6.07) is 9.92. The molecule has 0 N–H and O–H groups in total. The van der Waals surface area contributed by atoms with Crippen LogP contribution in [0.4, 0.5) is 14.5 Å². The highest BCUT2D eigenvalue weighted by Crippen LogP contribution is 2.22. The predicted molar refractivity (Wildman–Crippen MR) is 95.1 cm³/mol. The summed E-state index contributed by atoms with van der Waals surface area (Å²) in [7, 11) is 0. The summed E-state index contributed by atoms with van der Waals surface area (Å²) in [6.07, 6.45) is 0. The standard InChI is InChI=1S/C20H21F2NO3/c1-13-7-5-8-14(11-13)23(12-17(24)26-20(2,3)4)19(25)18-15(21)9-6-10-16(18)22/h5-11H,12H2,1-4H3. The van der Waals surface area contributed by atoms with Crippen LogP contribution in [0.2, 0.25) is 0 Å². The quantitative estimate of drug-likeness (QED) is 0.765. The molecule has 0 fully saturated rings. The number of ether oxygens (including phenoxy) is 1. The second-order valence-electron chi connectivity index (χ2n) is 6.91. The fraction of sp³-hybridized carbons (Fsp3) is 0.300. The maximum absolute atomic E-state index is 14.1. The van der Waals surface area contributed by atoms with Gasteiger partial charge >= 0.3 is 5.97 Å². The lowest BCUT2D eigenvalue weighted by atomic mass is 10.1. The molecule has 0 radical (unpaired) electrons. The van der Waals surface area contributed by atoms with E-state index in [-0.39, 0.29) is 0 Å². The molecule has 6 heteroatoms. The Kier molecular flexibility index (Phi) is 5.75. The first kappa shape index (κ1) is 19.6. The molecule has 0 bridgehead atoms. The van der Waals surface area contributed by atoms with Crippen LogP contribution in [0.5, 0.6) is 0 Å². The molecule has 2 rings (SSSR count). The van der Waals surface area contributed by atoms with Crippen molar-refractivity contribution < 1.29 is 23.1 Å². The van der Waals surface area contributed by atoms with Crippen LogP contribution >= 0.6 is 0 Å². The Hall–Kier alpha value is -2.76. The average molecular weight is 361 g/mol. The van der Waals surface area contributed by atoms with Crippen LogP contribution in [-0.2, 0) is 9.53 Å². The number of carbonyl (C=O) groups is 2. The zero-order valence-electron chi connectivity index (χ0n) is 15.2. The Balaban J connectivity index is 2.43. The molecule has 26 heavy (non-hydrogen) atoms. The first-order valence-corrected chi connectivity index (χ1v) is 8.13. The zero-order valence-corrected chi connectivity index (χ0v) is 15.2. The molecule has 0 aliphatic carbocycles. The van der Waals surface area contributed by atoms with Gasteiger partial charge in [0.1, 0.15) is 29.3 Å². The molecule has 0 spiro atoms. The van der Waals surface area contributed by atoms with Crippen molar-refractivity contribution in [2.45, 2.75) is 33.3 Å². The number of hydrogen-bond donors (Lipinski definition) is 0. The number of rotatable bonds is 4. The molecule has 2 aromatic rings. The lowest BCUT2D eigenvalue weighted by Crippen LogP contribution is -2.39. The molecule has 1 amide bonds. The van der Waals surface area contributed by atoms with E-state index in [1.54, 1.807) is 39.0 Å². The van der Waals surface area contributed by atoms with Crippen molar-refractivity contribution in [1.29, 1.82) is 0 Å². The third kappa shape index (κ3) is 4.88. The fourth-order valence-corrected chi connectivity index (χ4v) is 2.42. The monoisotopic (exact) mass is 361 g/mol. The van der Waals surface area contributed by atoms with Gasteiger partial charge in [0, 0.05) is 5.69 Å². The van der Waals surface area contributed by atoms with Gasteiger partial charge in [0.15, 0.2) is 0 Å². The van der Waals surface area contributed by atoms with Gasteiger partial charge < -0.3 is 4.74 Å². The molecule has 0 saturated heterocycles. The van der Waals surface area contributed by atoms with Gasteiger partial charge in [-0.05, 0) is 57.5 Å². The summed E-state index contributed by atoms with van der Waals surface area (Å²) in [5, 5.41) is 0. The largest absolute Gasteiger partial charge is 0.459 e. The third-order valence-electron chi connectivity index (χ3n) is 3.44. The van der Waals surface area contributed by atoms with E-state index in [4.69, 9.17) is 4.74 Å². The summed E-state index contributed by atoms with van der Waals surface area (Å²) in [6.45, 7) is 6.43. The second-order valence-corrected chi connectivity index (χ2v) is 6.91. The number of nitrogens with zero attached hydrogens (tertiary/aromatic N) is 1. The highest BCUT2D eigenvalue weighted by atomic mass is 19.1. The van der Waals surface area contributed by atoms with Crippen molar-refractivity contribution in [1.82, 2.24) is 0 Å². The van der Waals surface area contributed by atoms with Crippen LogP contribution in [0.1, 0.15) is 36.7 Å². The molecule has 0 aliphatic heterocycles. The number of carbonyl (C=O) groups excluding carboxylic acids is 2. The minimum atomic E-state index is -0.989. The Morgan fingerprint density at radius 2 is 1.62 bits per heavy atom. The van der Waals surface area contributed by atoms with E-state index in [0.717, 1.165) is 22.6 Å². The summed E-state index contributed by atoms with van der Waals surface area (Å²) < 4.78 is 33.4. The van der Waals surface area contributed by atoms with Gasteiger partial charge in [0.2, 0.25) is 0 Å². The highest BCUT2D eigenvalue weighted by molar-refractivity contribution is 6.08. The van der Waals surface area contributed by atoms with E-state index < -0.39 is 41.2 Å². The number of esters is 1. The molecule has 0 saturated carbocycles. The van der Waals surface area contributed by atoms with E-state index in [2.05, 4.69) is 0 Å². The molecule has 4 nitrogen and oxygen atoms in total. The Morgan fingerprint density at radius 3 is 2.15 bits per heavy atom.